The second-order valence-corrected chi connectivity index (χ2v) is 6.43. The predicted octanol–water partition coefficient (Wildman–Crippen LogP) is 3.32. The molecule has 2 amide bonds. The van der Waals surface area contributed by atoms with Gasteiger partial charge < -0.3 is 15.0 Å². The highest BCUT2D eigenvalue weighted by Gasteiger charge is 2.28. The first kappa shape index (κ1) is 20.5. The fourth-order valence-corrected chi connectivity index (χ4v) is 2.85. The highest BCUT2D eigenvalue weighted by atomic mass is 16.5. The number of para-hydroxylation sites is 1. The average molecular weight is 368 g/mol. The zero-order valence-electron chi connectivity index (χ0n) is 16.3. The molecule has 1 N–H and O–H groups in total. The van der Waals surface area contributed by atoms with Crippen LogP contribution in [-0.2, 0) is 16.1 Å². The quantitative estimate of drug-likeness (QED) is 0.739. The van der Waals surface area contributed by atoms with Crippen LogP contribution in [0.25, 0.3) is 0 Å². The first-order valence-electron chi connectivity index (χ1n) is 9.35. The lowest BCUT2D eigenvalue weighted by atomic mass is 10.1. The Labute approximate surface area is 161 Å². The minimum Gasteiger partial charge on any atom is -0.484 e. The number of likely N-dealkylation sites (N-methyl/N-ethyl adjacent to an activating group) is 1. The summed E-state index contributed by atoms with van der Waals surface area (Å²) in [6.07, 6.45) is 0.536. The molecule has 0 radical (unpaired) electrons. The van der Waals surface area contributed by atoms with Gasteiger partial charge in [0.05, 0.1) is 0 Å². The summed E-state index contributed by atoms with van der Waals surface area (Å²) < 4.78 is 5.62. The van der Waals surface area contributed by atoms with Crippen molar-refractivity contribution in [2.24, 2.45) is 0 Å². The van der Waals surface area contributed by atoms with E-state index in [0.29, 0.717) is 25.3 Å². The molecule has 0 heterocycles. The molecule has 0 aliphatic carbocycles. The van der Waals surface area contributed by atoms with Crippen molar-refractivity contribution in [3.8, 4) is 5.75 Å². The van der Waals surface area contributed by atoms with Crippen LogP contribution in [0.5, 0.6) is 5.75 Å². The molecule has 5 heteroatoms. The highest BCUT2D eigenvalue weighted by molar-refractivity contribution is 5.88. The van der Waals surface area contributed by atoms with E-state index in [2.05, 4.69) is 5.32 Å². The van der Waals surface area contributed by atoms with Crippen LogP contribution >= 0.6 is 0 Å². The molecular formula is C22H28N2O3. The van der Waals surface area contributed by atoms with Crippen molar-refractivity contribution in [3.05, 3.63) is 65.7 Å². The van der Waals surface area contributed by atoms with Gasteiger partial charge in [-0.2, -0.15) is 0 Å². The summed E-state index contributed by atoms with van der Waals surface area (Å²) in [5.74, 6) is 0.282. The van der Waals surface area contributed by atoms with E-state index in [-0.39, 0.29) is 18.4 Å². The van der Waals surface area contributed by atoms with E-state index in [0.717, 1.165) is 11.1 Å². The van der Waals surface area contributed by atoms with Crippen molar-refractivity contribution in [2.75, 3.05) is 13.2 Å². The van der Waals surface area contributed by atoms with Crippen LogP contribution in [0.3, 0.4) is 0 Å². The summed E-state index contributed by atoms with van der Waals surface area (Å²) in [4.78, 5) is 27.0. The molecule has 0 saturated heterocycles. The molecule has 2 rings (SSSR count). The van der Waals surface area contributed by atoms with Gasteiger partial charge in [-0.05, 0) is 38.0 Å². The van der Waals surface area contributed by atoms with Gasteiger partial charge in [0.15, 0.2) is 6.61 Å². The number of carbonyl (C=O) groups excluding carboxylic acids is 2. The van der Waals surface area contributed by atoms with E-state index < -0.39 is 6.04 Å². The lowest BCUT2D eigenvalue weighted by Crippen LogP contribution is -2.50. The Balaban J connectivity index is 2.17. The Morgan fingerprint density at radius 1 is 1.04 bits per heavy atom. The van der Waals surface area contributed by atoms with E-state index in [4.69, 9.17) is 4.74 Å². The molecule has 0 spiro atoms. The van der Waals surface area contributed by atoms with Gasteiger partial charge in [0.1, 0.15) is 11.8 Å². The molecule has 0 saturated carbocycles. The molecule has 0 aromatic heterocycles. The lowest BCUT2D eigenvalue weighted by molar-refractivity contribution is -0.142. The molecule has 2 aromatic carbocycles. The number of aryl methyl sites for hydroxylation is 1. The van der Waals surface area contributed by atoms with Gasteiger partial charge in [0.2, 0.25) is 5.91 Å². The molecule has 2 aromatic rings. The first-order chi connectivity index (χ1) is 13.0. The Bertz CT molecular complexity index is 729. The van der Waals surface area contributed by atoms with E-state index in [9.17, 15) is 9.59 Å². The van der Waals surface area contributed by atoms with Crippen molar-refractivity contribution in [3.63, 3.8) is 0 Å². The standard InChI is InChI=1S/C22H28N2O3/c1-4-20(22(26)23-5-2)24(15-18-13-11-17(3)12-14-18)21(25)16-27-19-9-7-6-8-10-19/h6-14,20H,4-5,15-16H2,1-3H3,(H,23,26). The van der Waals surface area contributed by atoms with Crippen LogP contribution in [0.1, 0.15) is 31.4 Å². The Hall–Kier alpha value is -2.82. The van der Waals surface area contributed by atoms with Crippen LogP contribution in [0, 0.1) is 6.92 Å². The molecule has 0 fully saturated rings. The Morgan fingerprint density at radius 2 is 1.70 bits per heavy atom. The highest BCUT2D eigenvalue weighted by Crippen LogP contribution is 2.15. The molecule has 1 atom stereocenters. The fraction of sp³-hybridized carbons (Fsp3) is 0.364. The largest absolute Gasteiger partial charge is 0.484 e. The van der Waals surface area contributed by atoms with E-state index in [1.807, 2.05) is 63.2 Å². The van der Waals surface area contributed by atoms with Gasteiger partial charge in [-0.3, -0.25) is 9.59 Å². The summed E-state index contributed by atoms with van der Waals surface area (Å²) in [7, 11) is 0. The van der Waals surface area contributed by atoms with Crippen LogP contribution in [0.4, 0.5) is 0 Å². The smallest absolute Gasteiger partial charge is 0.261 e. The maximum Gasteiger partial charge on any atom is 0.261 e. The molecule has 0 bridgehead atoms. The van der Waals surface area contributed by atoms with Crippen LogP contribution in [0.15, 0.2) is 54.6 Å². The van der Waals surface area contributed by atoms with Gasteiger partial charge in [0, 0.05) is 13.1 Å². The van der Waals surface area contributed by atoms with Crippen LogP contribution < -0.4 is 10.1 Å². The van der Waals surface area contributed by atoms with E-state index in [1.165, 1.54) is 0 Å². The van der Waals surface area contributed by atoms with Gasteiger partial charge in [-0.25, -0.2) is 0 Å². The number of ether oxygens (including phenoxy) is 1. The summed E-state index contributed by atoms with van der Waals surface area (Å²) >= 11 is 0. The number of benzene rings is 2. The summed E-state index contributed by atoms with van der Waals surface area (Å²) in [6, 6.07) is 16.7. The molecule has 5 nitrogen and oxygen atoms in total. The van der Waals surface area contributed by atoms with Crippen molar-refractivity contribution < 1.29 is 14.3 Å². The second-order valence-electron chi connectivity index (χ2n) is 6.43. The third-order valence-electron chi connectivity index (χ3n) is 4.32. The number of nitrogens with zero attached hydrogens (tertiary/aromatic N) is 1. The third kappa shape index (κ3) is 6.13. The number of hydrogen-bond donors (Lipinski definition) is 1. The minimum atomic E-state index is -0.530. The summed E-state index contributed by atoms with van der Waals surface area (Å²) in [5.41, 5.74) is 2.14. The zero-order chi connectivity index (χ0) is 19.6. The average Bonchev–Trinajstić information content (AvgIpc) is 2.68. The third-order valence-corrected chi connectivity index (χ3v) is 4.32. The monoisotopic (exact) mass is 368 g/mol. The Morgan fingerprint density at radius 3 is 2.30 bits per heavy atom. The Kier molecular flexibility index (Phi) is 7.86. The molecule has 27 heavy (non-hydrogen) atoms. The van der Waals surface area contributed by atoms with E-state index >= 15 is 0 Å². The van der Waals surface area contributed by atoms with Gasteiger partial charge >= 0.3 is 0 Å². The summed E-state index contributed by atoms with van der Waals surface area (Å²) in [5, 5.41) is 2.83. The fourth-order valence-electron chi connectivity index (χ4n) is 2.85. The summed E-state index contributed by atoms with van der Waals surface area (Å²) in [6.45, 7) is 6.59. The molecule has 144 valence electrons. The van der Waals surface area contributed by atoms with Crippen molar-refractivity contribution in [1.82, 2.24) is 10.2 Å². The van der Waals surface area contributed by atoms with Gasteiger partial charge in [-0.15, -0.1) is 0 Å². The van der Waals surface area contributed by atoms with Gasteiger partial charge in [-0.1, -0.05) is 55.0 Å². The number of hydrogen-bond acceptors (Lipinski definition) is 3. The molecule has 0 aliphatic heterocycles. The topological polar surface area (TPSA) is 58.6 Å². The lowest BCUT2D eigenvalue weighted by Gasteiger charge is -2.30. The number of rotatable bonds is 9. The first-order valence-corrected chi connectivity index (χ1v) is 9.35. The molecule has 1 unspecified atom stereocenters. The van der Waals surface area contributed by atoms with Gasteiger partial charge in [0.25, 0.3) is 5.91 Å². The maximum absolute atomic E-state index is 12.9. The maximum atomic E-state index is 12.9. The van der Waals surface area contributed by atoms with Crippen molar-refractivity contribution in [1.29, 1.82) is 0 Å². The van der Waals surface area contributed by atoms with Crippen LogP contribution in [-0.4, -0.2) is 35.9 Å². The van der Waals surface area contributed by atoms with Crippen LogP contribution in [0.2, 0.25) is 0 Å². The molecular weight excluding hydrogens is 340 g/mol. The normalized spacial score (nSPS) is 11.5. The number of nitrogens with one attached hydrogen (secondary N) is 1. The second kappa shape index (κ2) is 10.4. The number of amides is 2. The number of carbonyl (C=O) groups is 2. The predicted molar refractivity (Wildman–Crippen MR) is 106 cm³/mol. The van der Waals surface area contributed by atoms with E-state index in [1.54, 1.807) is 17.0 Å². The minimum absolute atomic E-state index is 0.105. The zero-order valence-corrected chi connectivity index (χ0v) is 16.3. The van der Waals surface area contributed by atoms with Crippen molar-refractivity contribution >= 4 is 11.8 Å². The SMILES string of the molecule is CCNC(=O)C(CC)N(Cc1ccc(C)cc1)C(=O)COc1ccccc1. The van der Waals surface area contributed by atoms with Crippen molar-refractivity contribution in [2.45, 2.75) is 39.8 Å². The molecule has 0 aliphatic rings.